The molecule has 0 aliphatic carbocycles. The summed E-state index contributed by atoms with van der Waals surface area (Å²) < 4.78 is 4.82. The van der Waals surface area contributed by atoms with Crippen molar-refractivity contribution in [3.05, 3.63) is 0 Å². The fraction of sp³-hybridized carbons (Fsp3) is 0.667. The van der Waals surface area contributed by atoms with Gasteiger partial charge in [0.1, 0.15) is 0 Å². The molecule has 0 bridgehead atoms. The molecule has 0 heterocycles. The fourth-order valence-electron chi connectivity index (χ4n) is 0.260. The molecule has 0 atom stereocenters. The summed E-state index contributed by atoms with van der Waals surface area (Å²) >= 11 is 0.227. The molecule has 0 aromatic heterocycles. The van der Waals surface area contributed by atoms with Crippen LogP contribution < -0.4 is 0 Å². The number of hydrogen-bond acceptors (Lipinski definition) is 0. The molecule has 0 amide bonds. The van der Waals surface area contributed by atoms with Crippen molar-refractivity contribution in [3.63, 3.8) is 0 Å². The van der Waals surface area contributed by atoms with Crippen LogP contribution in [0.2, 0.25) is 0 Å². The zero-order valence-electron chi connectivity index (χ0n) is 4.98. The molecule has 0 aromatic carbocycles. The Labute approximate surface area is 55.0 Å². The summed E-state index contributed by atoms with van der Waals surface area (Å²) in [5.74, 6) is 0. The monoisotopic (exact) mass is 214 g/mol. The summed E-state index contributed by atoms with van der Waals surface area (Å²) in [4.78, 5) is 0. The molecule has 0 aliphatic heterocycles. The topological polar surface area (TPSA) is 0 Å². The average molecular weight is 212 g/mol. The van der Waals surface area contributed by atoms with Gasteiger partial charge in [-0.15, -0.1) is 0 Å². The molecular formula is C6H12Te. The zero-order valence-corrected chi connectivity index (χ0v) is 7.31. The van der Waals surface area contributed by atoms with E-state index in [0.29, 0.717) is 0 Å². The van der Waals surface area contributed by atoms with Crippen molar-refractivity contribution in [2.45, 2.75) is 26.7 Å². The molecule has 0 saturated carbocycles. The number of hydrogen-bond donors (Lipinski definition) is 0. The Morgan fingerprint density at radius 1 is 1.14 bits per heavy atom. The quantitative estimate of drug-likeness (QED) is 0.601. The van der Waals surface area contributed by atoms with E-state index >= 15 is 0 Å². The Bertz CT molecular complexity index is 70.2. The molecule has 0 aromatic rings. The minimum absolute atomic E-state index is 0.227. The van der Waals surface area contributed by atoms with Crippen molar-refractivity contribution in [1.82, 2.24) is 0 Å². The Morgan fingerprint density at radius 3 is 1.86 bits per heavy atom. The first-order chi connectivity index (χ1) is 3.41. The Hall–Kier alpha value is 0.530. The number of rotatable bonds is 2. The summed E-state index contributed by atoms with van der Waals surface area (Å²) in [7, 11) is 0. The van der Waals surface area contributed by atoms with Crippen molar-refractivity contribution in [2.24, 2.45) is 0 Å². The molecule has 0 radical (unpaired) electrons. The molecule has 1 heteroatoms. The molecule has 0 spiro atoms. The first-order valence-corrected chi connectivity index (χ1v) is 5.39. The zero-order chi connectivity index (χ0) is 5.54. The van der Waals surface area contributed by atoms with E-state index < -0.39 is 0 Å². The van der Waals surface area contributed by atoms with Gasteiger partial charge in [0.25, 0.3) is 0 Å². The maximum absolute atomic E-state index is 2.41. The predicted molar refractivity (Wildman–Crippen MR) is 38.5 cm³/mol. The van der Waals surface area contributed by atoms with Crippen LogP contribution in [-0.4, -0.2) is 28.1 Å². The summed E-state index contributed by atoms with van der Waals surface area (Å²) in [6.45, 7) is 4.41. The maximum atomic E-state index is 2.41. The van der Waals surface area contributed by atoms with Crippen molar-refractivity contribution in [2.75, 3.05) is 0 Å². The van der Waals surface area contributed by atoms with Gasteiger partial charge in [0, 0.05) is 0 Å². The molecule has 42 valence electrons. The van der Waals surface area contributed by atoms with Crippen molar-refractivity contribution in [1.29, 1.82) is 0 Å². The molecule has 0 aliphatic rings. The Morgan fingerprint density at radius 2 is 1.57 bits per heavy atom. The second kappa shape index (κ2) is 6.53. The summed E-state index contributed by atoms with van der Waals surface area (Å²) in [6, 6.07) is 0. The normalized spacial score (nSPS) is 7.71. The Kier molecular flexibility index (Phi) is 7.02. The predicted octanol–water partition coefficient (Wildman–Crippen LogP) is 1.11. The van der Waals surface area contributed by atoms with Gasteiger partial charge in [0.2, 0.25) is 0 Å². The molecule has 0 rings (SSSR count). The van der Waals surface area contributed by atoms with Gasteiger partial charge in [-0.25, -0.2) is 0 Å². The summed E-state index contributed by atoms with van der Waals surface area (Å²) in [6.07, 6.45) is 2.53. The van der Waals surface area contributed by atoms with Crippen LogP contribution in [-0.2, 0) is 0 Å². The molecule has 0 N–H and O–H groups in total. The van der Waals surface area contributed by atoms with Crippen LogP contribution >= 0.6 is 0 Å². The third-order valence-corrected chi connectivity index (χ3v) is 3.53. The first kappa shape index (κ1) is 7.53. The second-order valence-corrected chi connectivity index (χ2v) is 3.97. The molecule has 0 unspecified atom stereocenters. The fourth-order valence-corrected chi connectivity index (χ4v) is 1.75. The molecule has 0 fully saturated rings. The summed E-state index contributed by atoms with van der Waals surface area (Å²) in [5.41, 5.74) is 0. The average Bonchev–Trinajstić information content (AvgIpc) is 1.69. The van der Waals surface area contributed by atoms with Crippen molar-refractivity contribution in [3.8, 4) is 0 Å². The van der Waals surface area contributed by atoms with E-state index in [1.807, 2.05) is 0 Å². The van der Waals surface area contributed by atoms with Gasteiger partial charge in [0.15, 0.2) is 0 Å². The van der Waals surface area contributed by atoms with Gasteiger partial charge in [-0.1, -0.05) is 0 Å². The van der Waals surface area contributed by atoms with Crippen LogP contribution in [0.4, 0.5) is 0 Å². The van der Waals surface area contributed by atoms with E-state index in [1.165, 1.54) is 12.8 Å². The van der Waals surface area contributed by atoms with Crippen LogP contribution in [0.3, 0.4) is 0 Å². The van der Waals surface area contributed by atoms with Gasteiger partial charge < -0.3 is 0 Å². The van der Waals surface area contributed by atoms with Crippen molar-refractivity contribution >= 4 is 28.1 Å². The molecule has 0 saturated heterocycles. The third-order valence-electron chi connectivity index (χ3n) is 0.526. The molecule has 7 heavy (non-hydrogen) atoms. The SMILES string of the molecule is CCC=[Te]=CCC. The third kappa shape index (κ3) is 6.53. The van der Waals surface area contributed by atoms with Gasteiger partial charge in [-0.2, -0.15) is 0 Å². The Balaban J connectivity index is 3.21. The van der Waals surface area contributed by atoms with Crippen LogP contribution in [0.25, 0.3) is 0 Å². The van der Waals surface area contributed by atoms with Gasteiger partial charge in [-0.05, 0) is 0 Å². The molecular weight excluding hydrogens is 200 g/mol. The first-order valence-electron chi connectivity index (χ1n) is 2.70. The van der Waals surface area contributed by atoms with Crippen LogP contribution in [0.1, 0.15) is 26.7 Å². The minimum atomic E-state index is 0.227. The van der Waals surface area contributed by atoms with Gasteiger partial charge in [0.05, 0.1) is 0 Å². The second-order valence-electron chi connectivity index (χ2n) is 1.29. The van der Waals surface area contributed by atoms with E-state index in [4.69, 9.17) is 0 Å². The van der Waals surface area contributed by atoms with E-state index in [0.717, 1.165) is 0 Å². The van der Waals surface area contributed by atoms with Gasteiger partial charge >= 0.3 is 54.8 Å². The van der Waals surface area contributed by atoms with E-state index in [2.05, 4.69) is 22.0 Å². The molecule has 0 nitrogen and oxygen atoms in total. The van der Waals surface area contributed by atoms with Crippen molar-refractivity contribution < 1.29 is 0 Å². The van der Waals surface area contributed by atoms with E-state index in [9.17, 15) is 0 Å². The van der Waals surface area contributed by atoms with Crippen LogP contribution in [0.5, 0.6) is 0 Å². The van der Waals surface area contributed by atoms with Crippen LogP contribution in [0, 0.1) is 0 Å². The van der Waals surface area contributed by atoms with E-state index in [1.54, 1.807) is 0 Å². The van der Waals surface area contributed by atoms with E-state index in [-0.39, 0.29) is 20.0 Å². The van der Waals surface area contributed by atoms with Crippen LogP contribution in [0.15, 0.2) is 0 Å². The van der Waals surface area contributed by atoms with Gasteiger partial charge in [-0.3, -0.25) is 0 Å². The standard InChI is InChI=1S/C6H12Te/c1-3-5-7-6-4-2/h5-6H,3-4H2,1-2H3. The summed E-state index contributed by atoms with van der Waals surface area (Å²) in [5, 5.41) is 0.